The van der Waals surface area contributed by atoms with E-state index in [2.05, 4.69) is 30.2 Å². The molecule has 0 aliphatic heterocycles. The Bertz CT molecular complexity index is 1300. The van der Waals surface area contributed by atoms with Crippen LogP contribution in [-0.4, -0.2) is 40.3 Å². The third-order valence-electron chi connectivity index (χ3n) is 4.86. The molecule has 4 aromatic rings. The number of alkyl halides is 3. The standard InChI is InChI=1S/C22H18F3N5O3/c1-32-20-16-8-14(10-26-19(16)29-30-20)13-5-3-12(4-6-13)7-18(31)28-15-9-17(22(23,24)25)21(33-2)27-11-15/h3-6,8-11H,7H2,1-2H3,(H,28,31)(H,26,29,30). The summed E-state index contributed by atoms with van der Waals surface area (Å²) in [7, 11) is 2.62. The molecule has 0 fully saturated rings. The van der Waals surface area contributed by atoms with Crippen molar-refractivity contribution in [3.05, 3.63) is 59.9 Å². The minimum atomic E-state index is -4.66. The molecule has 2 N–H and O–H groups in total. The van der Waals surface area contributed by atoms with Crippen molar-refractivity contribution >= 4 is 22.6 Å². The predicted octanol–water partition coefficient (Wildman–Crippen LogP) is 4.24. The molecule has 0 saturated heterocycles. The first-order valence-corrected chi connectivity index (χ1v) is 9.67. The summed E-state index contributed by atoms with van der Waals surface area (Å²) in [4.78, 5) is 20.3. The first-order chi connectivity index (χ1) is 15.8. The number of nitrogens with zero attached hydrogens (tertiary/aromatic N) is 3. The highest BCUT2D eigenvalue weighted by Gasteiger charge is 2.35. The number of nitrogens with one attached hydrogen (secondary N) is 2. The number of anilines is 1. The second-order valence-electron chi connectivity index (χ2n) is 7.05. The Balaban J connectivity index is 1.47. The van der Waals surface area contributed by atoms with Gasteiger partial charge in [0.1, 0.15) is 5.56 Å². The molecule has 8 nitrogen and oxygen atoms in total. The van der Waals surface area contributed by atoms with Crippen LogP contribution in [0.15, 0.2) is 48.8 Å². The smallest absolute Gasteiger partial charge is 0.421 e. The zero-order valence-electron chi connectivity index (χ0n) is 17.5. The maximum Gasteiger partial charge on any atom is 0.421 e. The fourth-order valence-electron chi connectivity index (χ4n) is 3.29. The number of rotatable bonds is 6. The number of aromatic amines is 1. The van der Waals surface area contributed by atoms with Crippen LogP contribution in [0, 0.1) is 0 Å². The zero-order valence-corrected chi connectivity index (χ0v) is 17.5. The molecule has 0 bridgehead atoms. The molecule has 0 saturated carbocycles. The maximum absolute atomic E-state index is 13.1. The Morgan fingerprint density at radius 3 is 2.39 bits per heavy atom. The molecular formula is C22H18F3N5O3. The Morgan fingerprint density at radius 2 is 1.73 bits per heavy atom. The molecule has 0 unspecified atom stereocenters. The van der Waals surface area contributed by atoms with Crippen LogP contribution in [0.1, 0.15) is 11.1 Å². The molecule has 0 atom stereocenters. The highest BCUT2D eigenvalue weighted by molar-refractivity contribution is 5.92. The molecular weight excluding hydrogens is 439 g/mol. The van der Waals surface area contributed by atoms with Gasteiger partial charge in [0.15, 0.2) is 5.65 Å². The molecule has 3 heterocycles. The van der Waals surface area contributed by atoms with Gasteiger partial charge in [0.2, 0.25) is 17.7 Å². The topological polar surface area (TPSA) is 102 Å². The van der Waals surface area contributed by atoms with Crippen molar-refractivity contribution in [3.63, 3.8) is 0 Å². The highest BCUT2D eigenvalue weighted by Crippen LogP contribution is 2.36. The van der Waals surface area contributed by atoms with Gasteiger partial charge >= 0.3 is 6.18 Å². The molecule has 0 aliphatic rings. The number of amides is 1. The number of halogens is 3. The maximum atomic E-state index is 13.1. The van der Waals surface area contributed by atoms with Crippen molar-refractivity contribution < 1.29 is 27.4 Å². The van der Waals surface area contributed by atoms with E-state index in [1.165, 1.54) is 7.11 Å². The van der Waals surface area contributed by atoms with E-state index in [0.29, 0.717) is 17.1 Å². The monoisotopic (exact) mass is 457 g/mol. The van der Waals surface area contributed by atoms with E-state index in [4.69, 9.17) is 4.74 Å². The van der Waals surface area contributed by atoms with E-state index in [-0.39, 0.29) is 12.1 Å². The van der Waals surface area contributed by atoms with Gasteiger partial charge in [-0.3, -0.25) is 9.89 Å². The number of ether oxygens (including phenoxy) is 2. The summed E-state index contributed by atoms with van der Waals surface area (Å²) in [6, 6.07) is 9.86. The summed E-state index contributed by atoms with van der Waals surface area (Å²) in [5, 5.41) is 9.99. The van der Waals surface area contributed by atoms with Crippen molar-refractivity contribution in [2.24, 2.45) is 0 Å². The number of carbonyl (C=O) groups excluding carboxylic acids is 1. The first-order valence-electron chi connectivity index (χ1n) is 9.67. The molecule has 1 amide bonds. The third kappa shape index (κ3) is 4.71. The van der Waals surface area contributed by atoms with Crippen molar-refractivity contribution in [1.82, 2.24) is 20.2 Å². The Morgan fingerprint density at radius 1 is 1.00 bits per heavy atom. The van der Waals surface area contributed by atoms with Gasteiger partial charge in [0, 0.05) is 11.8 Å². The lowest BCUT2D eigenvalue weighted by molar-refractivity contribution is -0.139. The van der Waals surface area contributed by atoms with Crippen LogP contribution in [0.3, 0.4) is 0 Å². The Labute approximate surface area is 185 Å². The van der Waals surface area contributed by atoms with E-state index in [9.17, 15) is 18.0 Å². The molecule has 33 heavy (non-hydrogen) atoms. The second kappa shape index (κ2) is 8.77. The molecule has 11 heteroatoms. The molecule has 1 aromatic carbocycles. The second-order valence-corrected chi connectivity index (χ2v) is 7.05. The highest BCUT2D eigenvalue weighted by atomic mass is 19.4. The van der Waals surface area contributed by atoms with Gasteiger partial charge in [-0.1, -0.05) is 24.3 Å². The van der Waals surface area contributed by atoms with Gasteiger partial charge in [-0.15, -0.1) is 5.10 Å². The van der Waals surface area contributed by atoms with Crippen molar-refractivity contribution in [1.29, 1.82) is 0 Å². The number of H-pyrrole nitrogens is 1. The first kappa shape index (κ1) is 22.1. The van der Waals surface area contributed by atoms with Crippen LogP contribution in [0.2, 0.25) is 0 Å². The molecule has 0 radical (unpaired) electrons. The van der Waals surface area contributed by atoms with Gasteiger partial charge in [0.25, 0.3) is 0 Å². The summed E-state index contributed by atoms with van der Waals surface area (Å²) < 4.78 is 49.3. The largest absolute Gasteiger partial charge is 0.481 e. The average Bonchev–Trinajstić information content (AvgIpc) is 3.21. The fourth-order valence-corrected chi connectivity index (χ4v) is 3.29. The number of aromatic nitrogens is 4. The molecule has 3 aromatic heterocycles. The summed E-state index contributed by atoms with van der Waals surface area (Å²) in [6.07, 6.45) is -1.88. The average molecular weight is 457 g/mol. The third-order valence-corrected chi connectivity index (χ3v) is 4.86. The summed E-state index contributed by atoms with van der Waals surface area (Å²) >= 11 is 0. The molecule has 170 valence electrons. The lowest BCUT2D eigenvalue weighted by atomic mass is 10.0. The Hall–Kier alpha value is -4.15. The van der Waals surface area contributed by atoms with Crippen LogP contribution >= 0.6 is 0 Å². The van der Waals surface area contributed by atoms with Crippen LogP contribution in [-0.2, 0) is 17.4 Å². The molecule has 0 spiro atoms. The van der Waals surface area contributed by atoms with E-state index in [1.54, 1.807) is 18.3 Å². The van der Waals surface area contributed by atoms with Gasteiger partial charge in [0.05, 0.1) is 37.9 Å². The van der Waals surface area contributed by atoms with Gasteiger partial charge in [-0.05, 0) is 23.3 Å². The lowest BCUT2D eigenvalue weighted by Gasteiger charge is -2.13. The van der Waals surface area contributed by atoms with E-state index < -0.39 is 23.5 Å². The molecule has 0 aliphatic carbocycles. The number of fused-ring (bicyclic) bond motifs is 1. The van der Waals surface area contributed by atoms with E-state index >= 15 is 0 Å². The quantitative estimate of drug-likeness (QED) is 0.449. The fraction of sp³-hybridized carbons (Fsp3) is 0.182. The summed E-state index contributed by atoms with van der Waals surface area (Å²) in [5.41, 5.74) is 1.85. The number of benzene rings is 1. The van der Waals surface area contributed by atoms with E-state index in [0.717, 1.165) is 35.9 Å². The van der Waals surface area contributed by atoms with E-state index in [1.807, 2.05) is 18.2 Å². The summed E-state index contributed by atoms with van der Waals surface area (Å²) in [6.45, 7) is 0. The Kier molecular flexibility index (Phi) is 5.86. The number of methoxy groups -OCH3 is 2. The van der Waals surface area contributed by atoms with Crippen LogP contribution in [0.4, 0.5) is 18.9 Å². The summed E-state index contributed by atoms with van der Waals surface area (Å²) in [5.74, 6) is -0.597. The molecule has 4 rings (SSSR count). The van der Waals surface area contributed by atoms with Gasteiger partial charge < -0.3 is 14.8 Å². The van der Waals surface area contributed by atoms with Crippen LogP contribution in [0.25, 0.3) is 22.2 Å². The lowest BCUT2D eigenvalue weighted by Crippen LogP contribution is -2.16. The van der Waals surface area contributed by atoms with Crippen molar-refractivity contribution in [2.75, 3.05) is 19.5 Å². The minimum absolute atomic E-state index is 0.0273. The van der Waals surface area contributed by atoms with Crippen LogP contribution < -0.4 is 14.8 Å². The minimum Gasteiger partial charge on any atom is -0.481 e. The SMILES string of the molecule is COc1ncc(NC(=O)Cc2ccc(-c3cnc4[nH]nc(OC)c4c3)cc2)cc1C(F)(F)F. The van der Waals surface area contributed by atoms with Crippen molar-refractivity contribution in [2.45, 2.75) is 12.6 Å². The van der Waals surface area contributed by atoms with Gasteiger partial charge in [-0.2, -0.15) is 13.2 Å². The number of hydrogen-bond donors (Lipinski definition) is 2. The van der Waals surface area contributed by atoms with Gasteiger partial charge in [-0.25, -0.2) is 9.97 Å². The number of pyridine rings is 2. The normalized spacial score (nSPS) is 11.4. The predicted molar refractivity (Wildman–Crippen MR) is 114 cm³/mol. The van der Waals surface area contributed by atoms with Crippen LogP contribution in [0.5, 0.6) is 11.8 Å². The number of hydrogen-bond acceptors (Lipinski definition) is 6. The number of carbonyl (C=O) groups is 1. The zero-order chi connectivity index (χ0) is 23.6. The van der Waals surface area contributed by atoms with Crippen molar-refractivity contribution in [3.8, 4) is 22.9 Å².